The molecular formula is C30H34N8O4. The highest BCUT2D eigenvalue weighted by Crippen LogP contribution is 2.30. The molecule has 0 bridgehead atoms. The number of rotatable bonds is 9. The van der Waals surface area contributed by atoms with E-state index < -0.39 is 17.2 Å². The first-order valence-corrected chi connectivity index (χ1v) is 13.8. The van der Waals surface area contributed by atoms with Crippen LogP contribution in [-0.4, -0.2) is 52.4 Å². The van der Waals surface area contributed by atoms with Gasteiger partial charge in [0.15, 0.2) is 11.2 Å². The maximum absolute atomic E-state index is 13.8. The third-order valence-electron chi connectivity index (χ3n) is 6.96. The van der Waals surface area contributed by atoms with Crippen LogP contribution in [0.25, 0.3) is 33.7 Å². The lowest BCUT2D eigenvalue weighted by atomic mass is 9.92. The van der Waals surface area contributed by atoms with E-state index >= 15 is 0 Å². The zero-order valence-electron chi connectivity index (χ0n) is 24.4. The Morgan fingerprint density at radius 2 is 1.69 bits per heavy atom. The molecule has 0 fully saturated rings. The summed E-state index contributed by atoms with van der Waals surface area (Å²) in [5, 5.41) is 14.4. The van der Waals surface area contributed by atoms with E-state index in [0.29, 0.717) is 31.0 Å². The molecule has 3 aromatic heterocycles. The molecule has 5 rings (SSSR count). The molecule has 3 heterocycles. The summed E-state index contributed by atoms with van der Waals surface area (Å²) in [7, 11) is 1.26. The number of nitrogens with zero attached hydrogens (tertiary/aromatic N) is 7. The van der Waals surface area contributed by atoms with Crippen molar-refractivity contribution in [2.45, 2.75) is 60.2 Å². The van der Waals surface area contributed by atoms with Gasteiger partial charge in [-0.2, -0.15) is 5.21 Å². The van der Waals surface area contributed by atoms with Gasteiger partial charge >= 0.3 is 11.7 Å². The molecule has 0 radical (unpaired) electrons. The van der Waals surface area contributed by atoms with Gasteiger partial charge in [0, 0.05) is 25.1 Å². The Balaban J connectivity index is 1.63. The number of H-pyrrole nitrogens is 1. The van der Waals surface area contributed by atoms with Crippen LogP contribution in [-0.2, 0) is 35.6 Å². The van der Waals surface area contributed by atoms with E-state index in [2.05, 4.69) is 41.4 Å². The molecule has 42 heavy (non-hydrogen) atoms. The lowest BCUT2D eigenvalue weighted by Crippen LogP contribution is -2.41. The number of ether oxygens (including phenoxy) is 1. The zero-order valence-corrected chi connectivity index (χ0v) is 24.4. The third-order valence-corrected chi connectivity index (χ3v) is 6.96. The fraction of sp³-hybridized carbons (Fsp3) is 0.367. The van der Waals surface area contributed by atoms with E-state index in [-0.39, 0.29) is 29.7 Å². The smallest absolute Gasteiger partial charge is 0.333 e. The first-order valence-electron chi connectivity index (χ1n) is 13.8. The van der Waals surface area contributed by atoms with Gasteiger partial charge in [-0.1, -0.05) is 76.2 Å². The number of aromatic nitrogens is 8. The molecule has 0 spiro atoms. The number of hydrogen-bond donors (Lipinski definition) is 1. The van der Waals surface area contributed by atoms with Crippen LogP contribution in [0.1, 0.15) is 45.5 Å². The molecule has 0 saturated heterocycles. The Morgan fingerprint density at radius 1 is 0.976 bits per heavy atom. The van der Waals surface area contributed by atoms with Crippen molar-refractivity contribution in [3.8, 4) is 22.5 Å². The van der Waals surface area contributed by atoms with E-state index in [9.17, 15) is 14.4 Å². The minimum absolute atomic E-state index is 0.155. The van der Waals surface area contributed by atoms with Crippen LogP contribution in [0, 0.1) is 5.41 Å². The summed E-state index contributed by atoms with van der Waals surface area (Å²) in [6, 6.07) is 15.9. The van der Waals surface area contributed by atoms with Crippen LogP contribution in [0.15, 0.2) is 58.1 Å². The molecule has 0 unspecified atom stereocenters. The minimum atomic E-state index is -0.594. The van der Waals surface area contributed by atoms with Crippen molar-refractivity contribution in [1.29, 1.82) is 0 Å². The van der Waals surface area contributed by atoms with Gasteiger partial charge in [-0.05, 0) is 33.7 Å². The molecule has 0 atom stereocenters. The van der Waals surface area contributed by atoms with Gasteiger partial charge in [0.2, 0.25) is 5.82 Å². The molecule has 0 aliphatic carbocycles. The minimum Gasteiger partial charge on any atom is -0.468 e. The fourth-order valence-electron chi connectivity index (χ4n) is 5.05. The molecule has 0 saturated carbocycles. The molecular weight excluding hydrogens is 536 g/mol. The lowest BCUT2D eigenvalue weighted by Gasteiger charge is -2.19. The molecule has 0 aliphatic heterocycles. The van der Waals surface area contributed by atoms with Crippen molar-refractivity contribution in [3.05, 3.63) is 80.8 Å². The summed E-state index contributed by atoms with van der Waals surface area (Å²) in [4.78, 5) is 44.2. The first kappa shape index (κ1) is 28.7. The molecule has 5 aromatic rings. The van der Waals surface area contributed by atoms with Crippen molar-refractivity contribution in [1.82, 2.24) is 39.3 Å². The molecule has 2 aromatic carbocycles. The van der Waals surface area contributed by atoms with E-state index in [1.54, 1.807) is 0 Å². The second kappa shape index (κ2) is 11.6. The number of methoxy groups -OCH3 is 1. The largest absolute Gasteiger partial charge is 0.468 e. The highest BCUT2D eigenvalue weighted by atomic mass is 16.5. The highest BCUT2D eigenvalue weighted by Gasteiger charge is 2.25. The van der Waals surface area contributed by atoms with E-state index in [4.69, 9.17) is 9.72 Å². The number of imidazole rings is 1. The number of benzene rings is 2. The van der Waals surface area contributed by atoms with Gasteiger partial charge in [-0.3, -0.25) is 18.7 Å². The normalized spacial score (nSPS) is 11.7. The number of hydrogen-bond acceptors (Lipinski definition) is 8. The number of esters is 1. The zero-order chi connectivity index (χ0) is 30.0. The lowest BCUT2D eigenvalue weighted by molar-refractivity contribution is -0.141. The summed E-state index contributed by atoms with van der Waals surface area (Å²) in [6.45, 7) is 8.39. The number of tetrazole rings is 1. The SMILES string of the molecule is CCCn1c(=O)c2c(nc(CC(C)(C)C)n2Cc2ccc(-c3ccccc3-c3nn[nH]n3)cc2)n(CC(=O)OC)c1=O. The second-order valence-corrected chi connectivity index (χ2v) is 11.4. The Morgan fingerprint density at radius 3 is 2.31 bits per heavy atom. The third kappa shape index (κ3) is 5.65. The van der Waals surface area contributed by atoms with Crippen LogP contribution in [0.2, 0.25) is 0 Å². The average Bonchev–Trinajstić information content (AvgIpc) is 3.62. The molecule has 0 amide bonds. The van der Waals surface area contributed by atoms with E-state index in [1.807, 2.05) is 60.0 Å². The van der Waals surface area contributed by atoms with Gasteiger partial charge in [-0.25, -0.2) is 9.78 Å². The van der Waals surface area contributed by atoms with Crippen LogP contribution in [0.4, 0.5) is 0 Å². The fourth-order valence-corrected chi connectivity index (χ4v) is 5.05. The van der Waals surface area contributed by atoms with Crippen LogP contribution >= 0.6 is 0 Å². The number of fused-ring (bicyclic) bond motifs is 1. The maximum Gasteiger partial charge on any atom is 0.333 e. The number of nitrogens with one attached hydrogen (secondary N) is 1. The Bertz CT molecular complexity index is 1840. The topological polar surface area (TPSA) is 143 Å². The number of aromatic amines is 1. The monoisotopic (exact) mass is 570 g/mol. The standard InChI is InChI=1S/C30H34N8O4/c1-6-15-36-28(40)25-27(38(29(36)41)18-24(39)42-5)31-23(16-30(2,3)4)37(25)17-19-11-13-20(14-12-19)21-9-7-8-10-22(21)26-32-34-35-33-26/h7-14H,6,15-18H2,1-5H3,(H,32,33,34,35). The average molecular weight is 571 g/mol. The van der Waals surface area contributed by atoms with Crippen molar-refractivity contribution < 1.29 is 9.53 Å². The van der Waals surface area contributed by atoms with Gasteiger partial charge in [0.05, 0.1) is 7.11 Å². The predicted octanol–water partition coefficient (Wildman–Crippen LogP) is 3.43. The number of carbonyl (C=O) groups excluding carboxylic acids is 1. The summed E-state index contributed by atoms with van der Waals surface area (Å²) >= 11 is 0. The van der Waals surface area contributed by atoms with E-state index in [0.717, 1.165) is 22.3 Å². The number of carbonyl (C=O) groups is 1. The summed E-state index contributed by atoms with van der Waals surface area (Å²) in [6.07, 6.45) is 1.13. The van der Waals surface area contributed by atoms with Gasteiger partial charge in [-0.15, -0.1) is 10.2 Å². The molecule has 1 N–H and O–H groups in total. The second-order valence-electron chi connectivity index (χ2n) is 11.4. The summed E-state index contributed by atoms with van der Waals surface area (Å²) < 4.78 is 9.16. The molecule has 0 aliphatic rings. The van der Waals surface area contributed by atoms with Crippen molar-refractivity contribution in [2.75, 3.05) is 7.11 Å². The first-order chi connectivity index (χ1) is 20.1. The van der Waals surface area contributed by atoms with Crippen molar-refractivity contribution in [2.24, 2.45) is 5.41 Å². The summed E-state index contributed by atoms with van der Waals surface area (Å²) in [5.74, 6) is 0.574. The van der Waals surface area contributed by atoms with Crippen molar-refractivity contribution >= 4 is 17.1 Å². The van der Waals surface area contributed by atoms with Crippen LogP contribution in [0.3, 0.4) is 0 Å². The van der Waals surface area contributed by atoms with Crippen LogP contribution < -0.4 is 11.2 Å². The Hall–Kier alpha value is -4.87. The van der Waals surface area contributed by atoms with Crippen molar-refractivity contribution in [3.63, 3.8) is 0 Å². The van der Waals surface area contributed by atoms with Gasteiger partial charge in [0.1, 0.15) is 12.4 Å². The van der Waals surface area contributed by atoms with Gasteiger partial charge in [0.25, 0.3) is 5.56 Å². The summed E-state index contributed by atoms with van der Waals surface area (Å²) in [5.41, 5.74) is 3.06. The van der Waals surface area contributed by atoms with Crippen LogP contribution in [0.5, 0.6) is 0 Å². The quantitative estimate of drug-likeness (QED) is 0.266. The maximum atomic E-state index is 13.8. The highest BCUT2D eigenvalue weighted by molar-refractivity contribution is 5.80. The molecule has 218 valence electrons. The molecule has 12 nitrogen and oxygen atoms in total. The molecule has 12 heteroatoms. The Kier molecular flexibility index (Phi) is 7.88. The van der Waals surface area contributed by atoms with E-state index in [1.165, 1.54) is 16.2 Å². The predicted molar refractivity (Wildman–Crippen MR) is 158 cm³/mol. The van der Waals surface area contributed by atoms with Gasteiger partial charge < -0.3 is 9.30 Å². The Labute approximate surface area is 242 Å².